The van der Waals surface area contributed by atoms with Crippen LogP contribution in [0.25, 0.3) is 5.65 Å². The standard InChI is InChI=1S/C21H22N4O5/c1-4-28-18-9-13-8-12(3)30-17(13)10-15(18)24-20(26)16-6-7-22-19-14(11-23-25(16)19)21(27)29-5-2/h6-7,9-12H,4-5,8H2,1-3H3,(H,24,26). The van der Waals surface area contributed by atoms with E-state index in [1.54, 1.807) is 13.0 Å². The van der Waals surface area contributed by atoms with E-state index in [1.807, 2.05) is 19.9 Å². The lowest BCUT2D eigenvalue weighted by molar-refractivity contribution is 0.0528. The summed E-state index contributed by atoms with van der Waals surface area (Å²) >= 11 is 0. The van der Waals surface area contributed by atoms with Crippen molar-refractivity contribution in [2.45, 2.75) is 33.3 Å². The summed E-state index contributed by atoms with van der Waals surface area (Å²) in [5, 5.41) is 7.01. The molecule has 1 aromatic carbocycles. The molecule has 0 saturated heterocycles. The third-order valence-corrected chi connectivity index (χ3v) is 4.68. The van der Waals surface area contributed by atoms with E-state index in [2.05, 4.69) is 15.4 Å². The van der Waals surface area contributed by atoms with Gasteiger partial charge in [0.05, 0.1) is 25.1 Å². The molecule has 0 saturated carbocycles. The molecule has 0 aliphatic carbocycles. The van der Waals surface area contributed by atoms with Crippen molar-refractivity contribution in [3.8, 4) is 11.5 Å². The Morgan fingerprint density at radius 2 is 2.13 bits per heavy atom. The highest BCUT2D eigenvalue weighted by molar-refractivity contribution is 6.05. The third kappa shape index (κ3) is 3.54. The highest BCUT2D eigenvalue weighted by Crippen LogP contribution is 2.38. The Kier molecular flexibility index (Phi) is 5.26. The zero-order chi connectivity index (χ0) is 21.3. The molecule has 0 spiro atoms. The van der Waals surface area contributed by atoms with Gasteiger partial charge in [-0.05, 0) is 32.9 Å². The van der Waals surface area contributed by atoms with Crippen LogP contribution in [-0.2, 0) is 11.2 Å². The molecule has 3 aromatic rings. The average Bonchev–Trinajstić information content (AvgIpc) is 3.30. The Bertz CT molecular complexity index is 1120. The van der Waals surface area contributed by atoms with Crippen LogP contribution in [0.3, 0.4) is 0 Å². The lowest BCUT2D eigenvalue weighted by Crippen LogP contribution is -2.18. The van der Waals surface area contributed by atoms with Gasteiger partial charge < -0.3 is 19.5 Å². The Hall–Kier alpha value is -3.62. The number of hydrogen-bond acceptors (Lipinski definition) is 7. The van der Waals surface area contributed by atoms with Crippen LogP contribution in [0.2, 0.25) is 0 Å². The Morgan fingerprint density at radius 1 is 1.30 bits per heavy atom. The van der Waals surface area contributed by atoms with Gasteiger partial charge in [0.25, 0.3) is 5.91 Å². The average molecular weight is 410 g/mol. The molecule has 1 atom stereocenters. The number of nitrogens with zero attached hydrogens (tertiary/aromatic N) is 3. The van der Waals surface area contributed by atoms with E-state index in [9.17, 15) is 9.59 Å². The second kappa shape index (κ2) is 8.02. The fourth-order valence-corrected chi connectivity index (χ4v) is 3.41. The second-order valence-electron chi connectivity index (χ2n) is 6.82. The van der Waals surface area contributed by atoms with Crippen molar-refractivity contribution >= 4 is 23.2 Å². The number of nitrogens with one attached hydrogen (secondary N) is 1. The van der Waals surface area contributed by atoms with Crippen molar-refractivity contribution in [2.24, 2.45) is 0 Å². The summed E-state index contributed by atoms with van der Waals surface area (Å²) in [5.74, 6) is 0.332. The van der Waals surface area contributed by atoms with Crippen LogP contribution in [-0.4, -0.2) is 45.8 Å². The fourth-order valence-electron chi connectivity index (χ4n) is 3.41. The molecular weight excluding hydrogens is 388 g/mol. The summed E-state index contributed by atoms with van der Waals surface area (Å²) in [6.07, 6.45) is 3.66. The molecule has 30 heavy (non-hydrogen) atoms. The van der Waals surface area contributed by atoms with Crippen LogP contribution >= 0.6 is 0 Å². The van der Waals surface area contributed by atoms with Crippen molar-refractivity contribution in [3.05, 3.63) is 47.4 Å². The molecule has 1 amide bonds. The SMILES string of the molecule is CCOC(=O)c1cnn2c(C(=O)Nc3cc4c(cc3OCC)CC(C)O4)ccnc12. The first-order valence-electron chi connectivity index (χ1n) is 9.79. The van der Waals surface area contributed by atoms with E-state index < -0.39 is 11.9 Å². The van der Waals surface area contributed by atoms with E-state index in [0.29, 0.717) is 18.0 Å². The number of esters is 1. The largest absolute Gasteiger partial charge is 0.492 e. The Balaban J connectivity index is 1.67. The molecule has 3 heterocycles. The lowest BCUT2D eigenvalue weighted by atomic mass is 10.1. The summed E-state index contributed by atoms with van der Waals surface area (Å²) in [6.45, 7) is 6.28. The molecule has 1 N–H and O–H groups in total. The first-order chi connectivity index (χ1) is 14.5. The Morgan fingerprint density at radius 3 is 2.90 bits per heavy atom. The third-order valence-electron chi connectivity index (χ3n) is 4.68. The van der Waals surface area contributed by atoms with Gasteiger partial charge in [-0.1, -0.05) is 0 Å². The van der Waals surface area contributed by atoms with Crippen LogP contribution in [0, 0.1) is 0 Å². The normalized spacial score (nSPS) is 14.8. The molecule has 4 rings (SSSR count). The van der Waals surface area contributed by atoms with Crippen LogP contribution in [0.15, 0.2) is 30.6 Å². The van der Waals surface area contributed by atoms with Gasteiger partial charge >= 0.3 is 5.97 Å². The predicted molar refractivity (Wildman–Crippen MR) is 108 cm³/mol. The summed E-state index contributed by atoms with van der Waals surface area (Å²) < 4.78 is 17.9. The van der Waals surface area contributed by atoms with Gasteiger partial charge in [0.15, 0.2) is 5.65 Å². The van der Waals surface area contributed by atoms with Gasteiger partial charge in [0.1, 0.15) is 28.9 Å². The maximum absolute atomic E-state index is 13.0. The van der Waals surface area contributed by atoms with E-state index in [4.69, 9.17) is 14.2 Å². The molecule has 0 bridgehead atoms. The predicted octanol–water partition coefficient (Wildman–Crippen LogP) is 2.88. The van der Waals surface area contributed by atoms with Gasteiger partial charge in [-0.25, -0.2) is 14.3 Å². The first-order valence-corrected chi connectivity index (χ1v) is 9.79. The number of carbonyl (C=O) groups is 2. The summed E-state index contributed by atoms with van der Waals surface area (Å²) in [4.78, 5) is 29.3. The maximum atomic E-state index is 13.0. The van der Waals surface area contributed by atoms with Gasteiger partial charge in [0, 0.05) is 24.2 Å². The monoisotopic (exact) mass is 410 g/mol. The van der Waals surface area contributed by atoms with E-state index in [0.717, 1.165) is 17.7 Å². The van der Waals surface area contributed by atoms with Gasteiger partial charge in [-0.15, -0.1) is 0 Å². The zero-order valence-corrected chi connectivity index (χ0v) is 17.0. The molecule has 0 radical (unpaired) electrons. The van der Waals surface area contributed by atoms with Crippen molar-refractivity contribution in [2.75, 3.05) is 18.5 Å². The second-order valence-corrected chi connectivity index (χ2v) is 6.82. The summed E-state index contributed by atoms with van der Waals surface area (Å²) in [6, 6.07) is 5.19. The number of anilines is 1. The number of rotatable bonds is 6. The maximum Gasteiger partial charge on any atom is 0.343 e. The number of benzene rings is 1. The van der Waals surface area contributed by atoms with Crippen molar-refractivity contribution < 1.29 is 23.8 Å². The highest BCUT2D eigenvalue weighted by atomic mass is 16.5. The number of carbonyl (C=O) groups excluding carboxylic acids is 2. The lowest BCUT2D eigenvalue weighted by Gasteiger charge is -2.14. The van der Waals surface area contributed by atoms with Crippen LogP contribution in [0.1, 0.15) is 47.2 Å². The van der Waals surface area contributed by atoms with Crippen LogP contribution in [0.5, 0.6) is 11.5 Å². The number of fused-ring (bicyclic) bond motifs is 2. The number of amides is 1. The first kappa shape index (κ1) is 19.7. The quantitative estimate of drug-likeness (QED) is 0.623. The molecule has 0 fully saturated rings. The van der Waals surface area contributed by atoms with Crippen LogP contribution in [0.4, 0.5) is 5.69 Å². The number of hydrogen-bond donors (Lipinski definition) is 1. The summed E-state index contributed by atoms with van der Waals surface area (Å²) in [7, 11) is 0. The molecule has 1 aliphatic rings. The van der Waals surface area contributed by atoms with E-state index in [-0.39, 0.29) is 29.6 Å². The van der Waals surface area contributed by atoms with E-state index >= 15 is 0 Å². The van der Waals surface area contributed by atoms with Gasteiger partial charge in [0.2, 0.25) is 0 Å². The molecule has 156 valence electrons. The van der Waals surface area contributed by atoms with Crippen molar-refractivity contribution in [1.29, 1.82) is 0 Å². The van der Waals surface area contributed by atoms with Crippen molar-refractivity contribution in [3.63, 3.8) is 0 Å². The molecule has 9 nitrogen and oxygen atoms in total. The number of aromatic nitrogens is 3. The smallest absolute Gasteiger partial charge is 0.343 e. The molecule has 9 heteroatoms. The highest BCUT2D eigenvalue weighted by Gasteiger charge is 2.24. The minimum Gasteiger partial charge on any atom is -0.492 e. The molecule has 2 aromatic heterocycles. The van der Waals surface area contributed by atoms with Gasteiger partial charge in [-0.2, -0.15) is 5.10 Å². The number of ether oxygens (including phenoxy) is 3. The minimum absolute atomic E-state index is 0.0747. The molecule has 1 aliphatic heterocycles. The zero-order valence-electron chi connectivity index (χ0n) is 17.0. The van der Waals surface area contributed by atoms with Gasteiger partial charge in [-0.3, -0.25) is 4.79 Å². The molecule has 1 unspecified atom stereocenters. The minimum atomic E-state index is -0.541. The molecular formula is C21H22N4O5. The topological polar surface area (TPSA) is 104 Å². The van der Waals surface area contributed by atoms with E-state index in [1.165, 1.54) is 23.0 Å². The van der Waals surface area contributed by atoms with Crippen molar-refractivity contribution in [1.82, 2.24) is 14.6 Å². The summed E-state index contributed by atoms with van der Waals surface area (Å²) in [5.41, 5.74) is 2.20. The fraction of sp³-hybridized carbons (Fsp3) is 0.333. The van der Waals surface area contributed by atoms with Crippen LogP contribution < -0.4 is 14.8 Å². The Labute approximate surface area is 173 Å².